The first kappa shape index (κ1) is 15.5. The summed E-state index contributed by atoms with van der Waals surface area (Å²) in [6.07, 6.45) is 0.365. The van der Waals surface area contributed by atoms with Crippen molar-refractivity contribution in [3.63, 3.8) is 0 Å². The van der Waals surface area contributed by atoms with Crippen molar-refractivity contribution in [2.75, 3.05) is 25.0 Å². The molecule has 0 saturated carbocycles. The zero-order valence-electron chi connectivity index (χ0n) is 12.6. The molecular weight excluding hydrogens is 268 g/mol. The number of hydrogen-bond donors (Lipinski definition) is 1. The lowest BCUT2D eigenvalue weighted by Gasteiger charge is -2.31. The van der Waals surface area contributed by atoms with Gasteiger partial charge in [0.15, 0.2) is 0 Å². The van der Waals surface area contributed by atoms with Crippen LogP contribution in [0.2, 0.25) is 0 Å². The number of carbonyl (C=O) groups is 2. The van der Waals surface area contributed by atoms with Gasteiger partial charge in [0.2, 0.25) is 5.91 Å². The topological polar surface area (TPSA) is 58.6 Å². The number of aryl methyl sites for hydroxylation is 1. The number of nitrogens with zero attached hydrogens (tertiary/aromatic N) is 1. The number of carbonyl (C=O) groups excluding carboxylic acids is 2. The molecule has 1 heterocycles. The maximum Gasteiger partial charge on any atom is 0.252 e. The lowest BCUT2D eigenvalue weighted by Crippen LogP contribution is -2.48. The summed E-state index contributed by atoms with van der Waals surface area (Å²) in [5.74, 6) is -0.296. The van der Waals surface area contributed by atoms with E-state index in [0.717, 1.165) is 12.1 Å². The average molecular weight is 290 g/mol. The number of benzene rings is 1. The molecule has 5 nitrogen and oxygen atoms in total. The lowest BCUT2D eigenvalue weighted by atomic mass is 10.1. The van der Waals surface area contributed by atoms with E-state index in [1.165, 1.54) is 5.56 Å². The fourth-order valence-electron chi connectivity index (χ4n) is 2.35. The minimum atomic E-state index is -0.659. The summed E-state index contributed by atoms with van der Waals surface area (Å²) in [7, 11) is 0. The van der Waals surface area contributed by atoms with Gasteiger partial charge in [0.25, 0.3) is 5.91 Å². The highest BCUT2D eigenvalue weighted by atomic mass is 16.5. The van der Waals surface area contributed by atoms with E-state index in [0.29, 0.717) is 19.7 Å². The zero-order chi connectivity index (χ0) is 15.2. The van der Waals surface area contributed by atoms with E-state index >= 15 is 0 Å². The Morgan fingerprint density at radius 3 is 2.67 bits per heavy atom. The molecule has 0 aliphatic carbocycles. The highest BCUT2D eigenvalue weighted by Gasteiger charge is 2.30. The van der Waals surface area contributed by atoms with E-state index in [9.17, 15) is 9.59 Å². The van der Waals surface area contributed by atoms with E-state index in [1.807, 2.05) is 31.2 Å². The van der Waals surface area contributed by atoms with Crippen LogP contribution in [0.3, 0.4) is 0 Å². The molecule has 1 N–H and O–H groups in total. The second-order valence-corrected chi connectivity index (χ2v) is 5.08. The van der Waals surface area contributed by atoms with Crippen molar-refractivity contribution in [2.24, 2.45) is 0 Å². The molecule has 1 atom stereocenters. The molecule has 0 radical (unpaired) electrons. The van der Waals surface area contributed by atoms with E-state index < -0.39 is 6.10 Å². The fourth-order valence-corrected chi connectivity index (χ4v) is 2.35. The number of nitrogens with one attached hydrogen (secondary N) is 1. The van der Waals surface area contributed by atoms with Gasteiger partial charge in [-0.1, -0.05) is 19.1 Å². The van der Waals surface area contributed by atoms with Gasteiger partial charge in [-0.2, -0.15) is 0 Å². The molecule has 5 heteroatoms. The number of ether oxygens (including phenoxy) is 1. The summed E-state index contributed by atoms with van der Waals surface area (Å²) >= 11 is 0. The minimum absolute atomic E-state index is 0.0604. The Labute approximate surface area is 125 Å². The molecule has 2 rings (SSSR count). The zero-order valence-corrected chi connectivity index (χ0v) is 12.6. The molecule has 1 aromatic carbocycles. The second-order valence-electron chi connectivity index (χ2n) is 5.08. The third-order valence-corrected chi connectivity index (χ3v) is 3.67. The molecular formula is C16H22N2O3. The van der Waals surface area contributed by atoms with Crippen LogP contribution in [0.1, 0.15) is 25.8 Å². The summed E-state index contributed by atoms with van der Waals surface area (Å²) in [5.41, 5.74) is 1.96. The van der Waals surface area contributed by atoms with Crippen molar-refractivity contribution in [2.45, 2.75) is 32.8 Å². The molecule has 0 aromatic heterocycles. The number of anilines is 1. The molecule has 114 valence electrons. The molecule has 1 aromatic rings. The van der Waals surface area contributed by atoms with Gasteiger partial charge in [0, 0.05) is 18.8 Å². The van der Waals surface area contributed by atoms with Crippen molar-refractivity contribution in [1.82, 2.24) is 4.90 Å². The van der Waals surface area contributed by atoms with Crippen LogP contribution in [0, 0.1) is 0 Å². The third kappa shape index (κ3) is 4.04. The van der Waals surface area contributed by atoms with Crippen LogP contribution >= 0.6 is 0 Å². The molecule has 0 spiro atoms. The molecule has 1 saturated heterocycles. The Morgan fingerprint density at radius 1 is 1.33 bits per heavy atom. The van der Waals surface area contributed by atoms with Crippen molar-refractivity contribution in [1.29, 1.82) is 0 Å². The molecule has 21 heavy (non-hydrogen) atoms. The van der Waals surface area contributed by atoms with E-state index in [4.69, 9.17) is 4.74 Å². The fraction of sp³-hybridized carbons (Fsp3) is 0.500. The van der Waals surface area contributed by atoms with Crippen LogP contribution in [0.5, 0.6) is 0 Å². The van der Waals surface area contributed by atoms with E-state index in [-0.39, 0.29) is 18.2 Å². The largest absolute Gasteiger partial charge is 0.366 e. The Morgan fingerprint density at radius 2 is 2.05 bits per heavy atom. The summed E-state index contributed by atoms with van der Waals surface area (Å²) in [5, 5.41) is 2.80. The molecule has 1 aliphatic heterocycles. The van der Waals surface area contributed by atoms with Crippen LogP contribution in [0.15, 0.2) is 24.3 Å². The highest BCUT2D eigenvalue weighted by molar-refractivity contribution is 5.95. The molecule has 2 amide bonds. The normalized spacial score (nSPS) is 18.7. The number of morpholine rings is 1. The highest BCUT2D eigenvalue weighted by Crippen LogP contribution is 2.14. The first-order chi connectivity index (χ1) is 10.1. The lowest BCUT2D eigenvalue weighted by molar-refractivity contribution is -0.154. The monoisotopic (exact) mass is 290 g/mol. The van der Waals surface area contributed by atoms with Crippen LogP contribution in [0.25, 0.3) is 0 Å². The van der Waals surface area contributed by atoms with Crippen molar-refractivity contribution >= 4 is 17.5 Å². The maximum absolute atomic E-state index is 12.0. The SMILES string of the molecule is CCc1ccc(NC(=O)CC2OCCN(CC)C2=O)cc1. The van der Waals surface area contributed by atoms with E-state index in [1.54, 1.807) is 4.90 Å². The Hall–Kier alpha value is -1.88. The molecule has 1 fully saturated rings. The van der Waals surface area contributed by atoms with Gasteiger partial charge in [0.1, 0.15) is 6.10 Å². The van der Waals surface area contributed by atoms with Gasteiger partial charge >= 0.3 is 0 Å². The molecule has 0 bridgehead atoms. The predicted molar refractivity (Wildman–Crippen MR) is 81.1 cm³/mol. The van der Waals surface area contributed by atoms with Crippen LogP contribution < -0.4 is 5.32 Å². The van der Waals surface area contributed by atoms with Crippen LogP contribution in [0.4, 0.5) is 5.69 Å². The van der Waals surface area contributed by atoms with Gasteiger partial charge in [-0.25, -0.2) is 0 Å². The third-order valence-electron chi connectivity index (χ3n) is 3.67. The smallest absolute Gasteiger partial charge is 0.252 e. The van der Waals surface area contributed by atoms with Crippen molar-refractivity contribution in [3.8, 4) is 0 Å². The van der Waals surface area contributed by atoms with Gasteiger partial charge in [-0.3, -0.25) is 9.59 Å². The van der Waals surface area contributed by atoms with Gasteiger partial charge < -0.3 is 15.0 Å². The summed E-state index contributed by atoms with van der Waals surface area (Å²) in [4.78, 5) is 25.8. The molecule has 1 aliphatic rings. The quantitative estimate of drug-likeness (QED) is 0.900. The van der Waals surface area contributed by atoms with Gasteiger partial charge in [0.05, 0.1) is 13.0 Å². The summed E-state index contributed by atoms with van der Waals surface area (Å²) in [6.45, 7) is 5.75. The standard InChI is InChI=1S/C16H22N2O3/c1-3-12-5-7-13(8-6-12)17-15(19)11-14-16(20)18(4-2)9-10-21-14/h5-8,14H,3-4,9-11H2,1-2H3,(H,17,19). The summed E-state index contributed by atoms with van der Waals surface area (Å²) in [6, 6.07) is 7.71. The van der Waals surface area contributed by atoms with Crippen molar-refractivity contribution < 1.29 is 14.3 Å². The predicted octanol–water partition coefficient (Wildman–Crippen LogP) is 1.82. The molecule has 1 unspecified atom stereocenters. The maximum atomic E-state index is 12.0. The summed E-state index contributed by atoms with van der Waals surface area (Å²) < 4.78 is 5.42. The minimum Gasteiger partial charge on any atom is -0.366 e. The van der Waals surface area contributed by atoms with Gasteiger partial charge in [-0.05, 0) is 31.0 Å². The number of likely N-dealkylation sites (N-methyl/N-ethyl adjacent to an activating group) is 1. The van der Waals surface area contributed by atoms with E-state index in [2.05, 4.69) is 12.2 Å². The Kier molecular flexibility index (Phi) is 5.33. The van der Waals surface area contributed by atoms with Crippen LogP contribution in [-0.2, 0) is 20.7 Å². The Balaban J connectivity index is 1.90. The van der Waals surface area contributed by atoms with Crippen LogP contribution in [-0.4, -0.2) is 42.5 Å². The Bertz CT molecular complexity index is 499. The average Bonchev–Trinajstić information content (AvgIpc) is 2.50. The number of amides is 2. The van der Waals surface area contributed by atoms with Gasteiger partial charge in [-0.15, -0.1) is 0 Å². The second kappa shape index (κ2) is 7.22. The number of rotatable bonds is 5. The number of hydrogen-bond acceptors (Lipinski definition) is 3. The first-order valence-corrected chi connectivity index (χ1v) is 7.43. The first-order valence-electron chi connectivity index (χ1n) is 7.43. The van der Waals surface area contributed by atoms with Crippen molar-refractivity contribution in [3.05, 3.63) is 29.8 Å².